The van der Waals surface area contributed by atoms with Gasteiger partial charge in [-0.05, 0) is 19.3 Å². The lowest BCUT2D eigenvalue weighted by molar-refractivity contribution is -0.146. The van der Waals surface area contributed by atoms with Crippen LogP contribution in [0.15, 0.2) is 24.8 Å². The first-order valence-corrected chi connectivity index (χ1v) is 4.80. The molecule has 1 rings (SSSR count). The van der Waals surface area contributed by atoms with Gasteiger partial charge in [0.2, 0.25) is 0 Å². The van der Waals surface area contributed by atoms with Crippen LogP contribution >= 0.6 is 0 Å². The monoisotopic (exact) mass is 180 g/mol. The SMILES string of the molecule is C=CC1C/C=C/CCCCC(=O)O1. The largest absolute Gasteiger partial charge is 0.458 e. The Hall–Kier alpha value is -1.05. The third-order valence-electron chi connectivity index (χ3n) is 2.08. The fourth-order valence-corrected chi connectivity index (χ4v) is 1.30. The summed E-state index contributed by atoms with van der Waals surface area (Å²) in [5.41, 5.74) is 0. The van der Waals surface area contributed by atoms with Gasteiger partial charge >= 0.3 is 5.97 Å². The van der Waals surface area contributed by atoms with Crippen LogP contribution in [0.3, 0.4) is 0 Å². The molecule has 13 heavy (non-hydrogen) atoms. The summed E-state index contributed by atoms with van der Waals surface area (Å²) in [6.45, 7) is 3.63. The molecule has 1 aliphatic heterocycles. The van der Waals surface area contributed by atoms with E-state index in [9.17, 15) is 4.79 Å². The molecule has 0 aromatic heterocycles. The number of esters is 1. The van der Waals surface area contributed by atoms with Gasteiger partial charge in [-0.25, -0.2) is 0 Å². The molecule has 0 fully saturated rings. The van der Waals surface area contributed by atoms with E-state index in [2.05, 4.69) is 18.7 Å². The predicted octanol–water partition coefficient (Wildman–Crippen LogP) is 2.60. The smallest absolute Gasteiger partial charge is 0.306 e. The molecule has 72 valence electrons. The maximum atomic E-state index is 11.2. The van der Waals surface area contributed by atoms with Crippen molar-refractivity contribution in [2.24, 2.45) is 0 Å². The summed E-state index contributed by atoms with van der Waals surface area (Å²) in [6.07, 6.45) is 10.1. The van der Waals surface area contributed by atoms with Gasteiger partial charge in [0.05, 0.1) is 0 Å². The summed E-state index contributed by atoms with van der Waals surface area (Å²) in [5, 5.41) is 0. The molecule has 2 heteroatoms. The van der Waals surface area contributed by atoms with Gasteiger partial charge in [-0.15, -0.1) is 0 Å². The van der Waals surface area contributed by atoms with Crippen LogP contribution in [0.4, 0.5) is 0 Å². The van der Waals surface area contributed by atoms with Crippen LogP contribution in [0.5, 0.6) is 0 Å². The minimum Gasteiger partial charge on any atom is -0.458 e. The Morgan fingerprint density at radius 3 is 3.08 bits per heavy atom. The first-order valence-electron chi connectivity index (χ1n) is 4.80. The van der Waals surface area contributed by atoms with E-state index in [-0.39, 0.29) is 12.1 Å². The number of hydrogen-bond acceptors (Lipinski definition) is 2. The zero-order chi connectivity index (χ0) is 9.52. The van der Waals surface area contributed by atoms with Crippen LogP contribution in [0.25, 0.3) is 0 Å². The third kappa shape index (κ3) is 3.92. The van der Waals surface area contributed by atoms with Crippen LogP contribution < -0.4 is 0 Å². The Labute approximate surface area is 79.3 Å². The molecule has 0 saturated heterocycles. The number of carbonyl (C=O) groups is 1. The molecule has 0 spiro atoms. The summed E-state index contributed by atoms with van der Waals surface area (Å²) >= 11 is 0. The molecule has 1 unspecified atom stereocenters. The number of cyclic esters (lactones) is 1. The van der Waals surface area contributed by atoms with Crippen molar-refractivity contribution in [3.05, 3.63) is 24.8 Å². The molecule has 0 aliphatic carbocycles. The third-order valence-corrected chi connectivity index (χ3v) is 2.08. The van der Waals surface area contributed by atoms with Crippen LogP contribution in [0, 0.1) is 0 Å². The highest BCUT2D eigenvalue weighted by Crippen LogP contribution is 2.10. The number of allylic oxidation sites excluding steroid dienone is 1. The minimum atomic E-state index is -0.137. The predicted molar refractivity (Wildman–Crippen MR) is 52.3 cm³/mol. The number of carbonyl (C=O) groups excluding carboxylic acids is 1. The highest BCUT2D eigenvalue weighted by atomic mass is 16.5. The lowest BCUT2D eigenvalue weighted by Gasteiger charge is -2.13. The van der Waals surface area contributed by atoms with Gasteiger partial charge in [0, 0.05) is 12.8 Å². The molecule has 2 nitrogen and oxygen atoms in total. The molecular weight excluding hydrogens is 164 g/mol. The topological polar surface area (TPSA) is 26.3 Å². The van der Waals surface area contributed by atoms with Gasteiger partial charge in [0.1, 0.15) is 6.10 Å². The molecule has 0 bridgehead atoms. The molecular formula is C11H16O2. The van der Waals surface area contributed by atoms with Gasteiger partial charge < -0.3 is 4.74 Å². The van der Waals surface area contributed by atoms with E-state index in [1.54, 1.807) is 6.08 Å². The zero-order valence-corrected chi connectivity index (χ0v) is 7.87. The fourth-order valence-electron chi connectivity index (χ4n) is 1.30. The Morgan fingerprint density at radius 2 is 2.31 bits per heavy atom. The van der Waals surface area contributed by atoms with Crippen LogP contribution in [-0.2, 0) is 9.53 Å². The maximum Gasteiger partial charge on any atom is 0.306 e. The van der Waals surface area contributed by atoms with Gasteiger partial charge in [0.25, 0.3) is 0 Å². The first kappa shape index (κ1) is 10.0. The highest BCUT2D eigenvalue weighted by Gasteiger charge is 2.09. The molecule has 0 radical (unpaired) electrons. The number of hydrogen-bond donors (Lipinski definition) is 0. The van der Waals surface area contributed by atoms with E-state index >= 15 is 0 Å². The van der Waals surface area contributed by atoms with E-state index < -0.39 is 0 Å². The Morgan fingerprint density at radius 1 is 1.46 bits per heavy atom. The quantitative estimate of drug-likeness (QED) is 0.458. The molecule has 0 amide bonds. The second-order valence-corrected chi connectivity index (χ2v) is 3.22. The average Bonchev–Trinajstić information content (AvgIpc) is 2.15. The van der Waals surface area contributed by atoms with E-state index in [4.69, 9.17) is 4.74 Å². The van der Waals surface area contributed by atoms with Crippen molar-refractivity contribution < 1.29 is 9.53 Å². The summed E-state index contributed by atoms with van der Waals surface area (Å²) in [5.74, 6) is -0.0970. The number of ether oxygens (including phenoxy) is 1. The first-order chi connectivity index (χ1) is 6.33. The molecule has 1 heterocycles. The van der Waals surface area contributed by atoms with Crippen molar-refractivity contribution >= 4 is 5.97 Å². The van der Waals surface area contributed by atoms with Gasteiger partial charge in [-0.1, -0.05) is 24.8 Å². The second-order valence-electron chi connectivity index (χ2n) is 3.22. The minimum absolute atomic E-state index is 0.0970. The molecule has 0 aromatic rings. The van der Waals surface area contributed by atoms with Gasteiger partial charge in [-0.3, -0.25) is 4.79 Å². The Kier molecular flexibility index (Phi) is 4.30. The van der Waals surface area contributed by atoms with Crippen molar-refractivity contribution in [2.45, 2.75) is 38.2 Å². The highest BCUT2D eigenvalue weighted by molar-refractivity contribution is 5.69. The van der Waals surface area contributed by atoms with E-state index in [0.717, 1.165) is 25.7 Å². The molecule has 0 N–H and O–H groups in total. The zero-order valence-electron chi connectivity index (χ0n) is 7.87. The maximum absolute atomic E-state index is 11.2. The van der Waals surface area contributed by atoms with Crippen molar-refractivity contribution in [3.63, 3.8) is 0 Å². The van der Waals surface area contributed by atoms with E-state index in [0.29, 0.717) is 6.42 Å². The van der Waals surface area contributed by atoms with Crippen molar-refractivity contribution in [1.82, 2.24) is 0 Å². The lowest BCUT2D eigenvalue weighted by Crippen LogP contribution is -2.15. The standard InChI is InChI=1S/C11H16O2/c1-2-10-8-6-4-3-5-7-9-11(12)13-10/h2,4,6,10H,1,3,5,7-9H2/b6-4+. The fraction of sp³-hybridized carbons (Fsp3) is 0.545. The molecule has 0 aromatic carbocycles. The summed E-state index contributed by atoms with van der Waals surface area (Å²) < 4.78 is 5.17. The van der Waals surface area contributed by atoms with Crippen molar-refractivity contribution in [2.75, 3.05) is 0 Å². The second kappa shape index (κ2) is 5.57. The Balaban J connectivity index is 2.50. The van der Waals surface area contributed by atoms with Crippen molar-refractivity contribution in [1.29, 1.82) is 0 Å². The van der Waals surface area contributed by atoms with Crippen molar-refractivity contribution in [3.8, 4) is 0 Å². The summed E-state index contributed by atoms with van der Waals surface area (Å²) in [7, 11) is 0. The van der Waals surface area contributed by atoms with Gasteiger partial charge in [0.15, 0.2) is 0 Å². The summed E-state index contributed by atoms with van der Waals surface area (Å²) in [6, 6.07) is 0. The van der Waals surface area contributed by atoms with E-state index in [1.807, 2.05) is 0 Å². The van der Waals surface area contributed by atoms with Gasteiger partial charge in [-0.2, -0.15) is 0 Å². The molecule has 0 saturated carbocycles. The molecule has 1 aliphatic rings. The van der Waals surface area contributed by atoms with Crippen LogP contribution in [-0.4, -0.2) is 12.1 Å². The Bertz CT molecular complexity index is 206. The van der Waals surface area contributed by atoms with E-state index in [1.165, 1.54) is 0 Å². The van der Waals surface area contributed by atoms with Crippen LogP contribution in [0.1, 0.15) is 32.1 Å². The summed E-state index contributed by atoms with van der Waals surface area (Å²) in [4.78, 5) is 11.2. The normalized spacial score (nSPS) is 27.4. The van der Waals surface area contributed by atoms with Crippen LogP contribution in [0.2, 0.25) is 0 Å². The number of rotatable bonds is 1. The lowest BCUT2D eigenvalue weighted by atomic mass is 10.1. The molecule has 1 atom stereocenters. The average molecular weight is 180 g/mol.